The normalized spacial score (nSPS) is 19.6. The van der Waals surface area contributed by atoms with Gasteiger partial charge in [-0.3, -0.25) is 9.59 Å². The molecule has 1 aliphatic rings. The topological polar surface area (TPSA) is 57.6 Å². The third kappa shape index (κ3) is 4.71. The molecule has 1 fully saturated rings. The Hall–Kier alpha value is -2.83. The van der Waals surface area contributed by atoms with Gasteiger partial charge in [-0.15, -0.1) is 0 Å². The molecule has 0 saturated carbocycles. The number of rotatable bonds is 5. The number of hydrogen-bond acceptors (Lipinski definition) is 2. The standard InChI is InChI=1S/C21H20F3NO3/c22-21(23,24)11-10-14-6-8-16(9-7-14)19(26)25-12-17(18(13-25)20(27)28)15-4-2-1-3-5-15/h1-9,17-18H,10-13H2,(H,27,28)/t17-,18-/m1/s1. The summed E-state index contributed by atoms with van der Waals surface area (Å²) in [7, 11) is 0. The number of carboxylic acids is 1. The van der Waals surface area contributed by atoms with Crippen molar-refractivity contribution in [3.05, 3.63) is 71.3 Å². The van der Waals surface area contributed by atoms with E-state index in [1.54, 1.807) is 0 Å². The second kappa shape index (κ2) is 8.04. The number of carboxylic acid groups (broad SMARTS) is 1. The van der Waals surface area contributed by atoms with Crippen molar-refractivity contribution in [2.75, 3.05) is 13.1 Å². The molecule has 4 nitrogen and oxygen atoms in total. The Bertz CT molecular complexity index is 834. The van der Waals surface area contributed by atoms with E-state index >= 15 is 0 Å². The van der Waals surface area contributed by atoms with E-state index in [-0.39, 0.29) is 31.3 Å². The predicted molar refractivity (Wildman–Crippen MR) is 97.0 cm³/mol. The van der Waals surface area contributed by atoms with Crippen molar-refractivity contribution in [1.29, 1.82) is 0 Å². The molecule has 1 N–H and O–H groups in total. The van der Waals surface area contributed by atoms with Gasteiger partial charge in [0, 0.05) is 31.0 Å². The molecule has 148 valence electrons. The Kier molecular flexibility index (Phi) is 5.72. The van der Waals surface area contributed by atoms with Crippen molar-refractivity contribution in [3.8, 4) is 0 Å². The highest BCUT2D eigenvalue weighted by Crippen LogP contribution is 2.33. The van der Waals surface area contributed by atoms with Crippen LogP contribution in [0.2, 0.25) is 0 Å². The molecule has 2 atom stereocenters. The summed E-state index contributed by atoms with van der Waals surface area (Å²) >= 11 is 0. The Balaban J connectivity index is 1.71. The van der Waals surface area contributed by atoms with E-state index in [0.29, 0.717) is 11.1 Å². The summed E-state index contributed by atoms with van der Waals surface area (Å²) in [6, 6.07) is 15.2. The number of nitrogens with zero attached hydrogens (tertiary/aromatic N) is 1. The molecule has 3 rings (SSSR count). The first-order chi connectivity index (χ1) is 13.2. The molecule has 1 aliphatic heterocycles. The molecule has 28 heavy (non-hydrogen) atoms. The van der Waals surface area contributed by atoms with Gasteiger partial charge in [0.2, 0.25) is 0 Å². The fraction of sp³-hybridized carbons (Fsp3) is 0.333. The lowest BCUT2D eigenvalue weighted by atomic mass is 9.89. The van der Waals surface area contributed by atoms with E-state index < -0.39 is 24.5 Å². The largest absolute Gasteiger partial charge is 0.481 e. The number of carbonyl (C=O) groups is 2. The molecule has 2 aromatic carbocycles. The first kappa shape index (κ1) is 19.9. The minimum atomic E-state index is -4.22. The van der Waals surface area contributed by atoms with Crippen LogP contribution in [0.3, 0.4) is 0 Å². The van der Waals surface area contributed by atoms with Gasteiger partial charge in [0.15, 0.2) is 0 Å². The maximum absolute atomic E-state index is 12.8. The zero-order valence-corrected chi connectivity index (χ0v) is 15.0. The number of amides is 1. The van der Waals surface area contributed by atoms with Crippen LogP contribution in [-0.2, 0) is 11.2 Å². The molecule has 0 spiro atoms. The first-order valence-electron chi connectivity index (χ1n) is 8.97. The number of benzene rings is 2. The molecule has 0 aliphatic carbocycles. The summed E-state index contributed by atoms with van der Waals surface area (Å²) in [5, 5.41) is 9.55. The van der Waals surface area contributed by atoms with Crippen LogP contribution in [0.4, 0.5) is 13.2 Å². The maximum Gasteiger partial charge on any atom is 0.389 e. The van der Waals surface area contributed by atoms with Crippen LogP contribution < -0.4 is 0 Å². The summed E-state index contributed by atoms with van der Waals surface area (Å²) < 4.78 is 37.0. The number of halogens is 3. The fourth-order valence-electron chi connectivity index (χ4n) is 3.54. The van der Waals surface area contributed by atoms with Crippen LogP contribution in [-0.4, -0.2) is 41.1 Å². The van der Waals surface area contributed by atoms with E-state index in [4.69, 9.17) is 0 Å². The van der Waals surface area contributed by atoms with Crippen LogP contribution >= 0.6 is 0 Å². The molecule has 7 heteroatoms. The maximum atomic E-state index is 12.8. The molecule has 0 unspecified atom stereocenters. The summed E-state index contributed by atoms with van der Waals surface area (Å²) in [5.41, 5.74) is 1.71. The van der Waals surface area contributed by atoms with Gasteiger partial charge < -0.3 is 10.0 Å². The second-order valence-corrected chi connectivity index (χ2v) is 6.98. The van der Waals surface area contributed by atoms with Gasteiger partial charge in [0.1, 0.15) is 0 Å². The fourth-order valence-corrected chi connectivity index (χ4v) is 3.54. The number of carbonyl (C=O) groups excluding carboxylic acids is 1. The third-order valence-corrected chi connectivity index (χ3v) is 5.05. The van der Waals surface area contributed by atoms with Crippen molar-refractivity contribution in [2.45, 2.75) is 24.9 Å². The van der Waals surface area contributed by atoms with Gasteiger partial charge >= 0.3 is 12.1 Å². The zero-order valence-electron chi connectivity index (χ0n) is 15.0. The monoisotopic (exact) mass is 391 g/mol. The molecule has 2 aromatic rings. The molecule has 0 radical (unpaired) electrons. The number of aliphatic carboxylic acids is 1. The third-order valence-electron chi connectivity index (χ3n) is 5.05. The minimum absolute atomic E-state index is 0.101. The first-order valence-corrected chi connectivity index (χ1v) is 8.97. The van der Waals surface area contributed by atoms with E-state index in [1.807, 2.05) is 30.3 Å². The molecule has 1 amide bonds. The van der Waals surface area contributed by atoms with Crippen molar-refractivity contribution in [3.63, 3.8) is 0 Å². The van der Waals surface area contributed by atoms with Crippen LogP contribution in [0.25, 0.3) is 0 Å². The molecule has 0 bridgehead atoms. The van der Waals surface area contributed by atoms with Crippen LogP contribution in [0, 0.1) is 5.92 Å². The predicted octanol–water partition coefficient (Wildman–Crippen LogP) is 4.12. The zero-order chi connectivity index (χ0) is 20.3. The molecule has 1 heterocycles. The lowest BCUT2D eigenvalue weighted by molar-refractivity contribution is -0.141. The highest BCUT2D eigenvalue weighted by molar-refractivity contribution is 5.95. The van der Waals surface area contributed by atoms with E-state index in [0.717, 1.165) is 5.56 Å². The highest BCUT2D eigenvalue weighted by Gasteiger charge is 2.40. The Labute approximate surface area is 160 Å². The SMILES string of the molecule is O=C(O)[C@@H]1CN(C(=O)c2ccc(CCC(F)(F)F)cc2)C[C@@H]1c1ccccc1. The van der Waals surface area contributed by atoms with Gasteiger partial charge in [0.25, 0.3) is 5.91 Å². The van der Waals surface area contributed by atoms with E-state index in [9.17, 15) is 27.9 Å². The summed E-state index contributed by atoms with van der Waals surface area (Å²) in [4.78, 5) is 25.9. The lowest BCUT2D eigenvalue weighted by Crippen LogP contribution is -2.29. The Morgan fingerprint density at radius 3 is 2.21 bits per heavy atom. The van der Waals surface area contributed by atoms with Crippen molar-refractivity contribution in [1.82, 2.24) is 4.90 Å². The highest BCUT2D eigenvalue weighted by atomic mass is 19.4. The molecular formula is C21H20F3NO3. The van der Waals surface area contributed by atoms with Crippen LogP contribution in [0.1, 0.15) is 33.8 Å². The van der Waals surface area contributed by atoms with Crippen molar-refractivity contribution in [2.24, 2.45) is 5.92 Å². The van der Waals surface area contributed by atoms with Gasteiger partial charge in [-0.05, 0) is 29.7 Å². The van der Waals surface area contributed by atoms with Crippen molar-refractivity contribution >= 4 is 11.9 Å². The van der Waals surface area contributed by atoms with Crippen LogP contribution in [0.5, 0.6) is 0 Å². The quantitative estimate of drug-likeness (QED) is 0.834. The van der Waals surface area contributed by atoms with Gasteiger partial charge in [0.05, 0.1) is 5.92 Å². The average molecular weight is 391 g/mol. The average Bonchev–Trinajstić information content (AvgIpc) is 3.12. The molecular weight excluding hydrogens is 371 g/mol. The van der Waals surface area contributed by atoms with E-state index in [1.165, 1.54) is 29.2 Å². The van der Waals surface area contributed by atoms with Gasteiger partial charge in [-0.2, -0.15) is 13.2 Å². The Morgan fingerprint density at radius 1 is 1.00 bits per heavy atom. The summed E-state index contributed by atoms with van der Waals surface area (Å²) in [6.45, 7) is 0.388. The van der Waals surface area contributed by atoms with E-state index in [2.05, 4.69) is 0 Å². The number of hydrogen-bond donors (Lipinski definition) is 1. The van der Waals surface area contributed by atoms with Crippen molar-refractivity contribution < 1.29 is 27.9 Å². The van der Waals surface area contributed by atoms with Crippen LogP contribution in [0.15, 0.2) is 54.6 Å². The molecule has 1 saturated heterocycles. The number of likely N-dealkylation sites (tertiary alicyclic amines) is 1. The van der Waals surface area contributed by atoms with Gasteiger partial charge in [-0.1, -0.05) is 42.5 Å². The number of alkyl halides is 3. The second-order valence-electron chi connectivity index (χ2n) is 6.98. The summed E-state index contributed by atoms with van der Waals surface area (Å²) in [5.74, 6) is -2.26. The lowest BCUT2D eigenvalue weighted by Gasteiger charge is -2.17. The van der Waals surface area contributed by atoms with Gasteiger partial charge in [-0.25, -0.2) is 0 Å². The smallest absolute Gasteiger partial charge is 0.389 e. The summed E-state index contributed by atoms with van der Waals surface area (Å²) in [6.07, 6.45) is -5.27. The molecule has 0 aromatic heterocycles. The minimum Gasteiger partial charge on any atom is -0.481 e. The Morgan fingerprint density at radius 2 is 1.64 bits per heavy atom. The number of aryl methyl sites for hydroxylation is 1.